The molecule has 2 aromatic carbocycles. The van der Waals surface area contributed by atoms with Crippen LogP contribution >= 0.6 is 12.2 Å². The van der Waals surface area contributed by atoms with E-state index in [1.165, 1.54) is 5.56 Å². The molecule has 2 rings (SSSR count). The van der Waals surface area contributed by atoms with Gasteiger partial charge in [0.05, 0.1) is 5.69 Å². The van der Waals surface area contributed by atoms with Crippen molar-refractivity contribution in [2.24, 2.45) is 0 Å². The Morgan fingerprint density at radius 1 is 1.00 bits per heavy atom. The number of benzene rings is 2. The first kappa shape index (κ1) is 15.3. The van der Waals surface area contributed by atoms with Crippen LogP contribution in [-0.4, -0.2) is 12.2 Å². The first-order valence-corrected chi connectivity index (χ1v) is 7.43. The van der Waals surface area contributed by atoms with Crippen LogP contribution in [0.15, 0.2) is 54.6 Å². The van der Waals surface area contributed by atoms with Crippen molar-refractivity contribution in [1.82, 2.24) is 5.43 Å². The van der Waals surface area contributed by atoms with Gasteiger partial charge in [0.2, 0.25) is 0 Å². The summed E-state index contributed by atoms with van der Waals surface area (Å²) >= 11 is 5.33. The highest BCUT2D eigenvalue weighted by Gasteiger charge is 2.03. The third kappa shape index (κ3) is 4.46. The molecule has 0 aliphatic heterocycles. The molecule has 2 aromatic rings. The lowest BCUT2D eigenvalue weighted by Gasteiger charge is -2.22. The van der Waals surface area contributed by atoms with E-state index in [9.17, 15) is 0 Å². The maximum atomic E-state index is 5.33. The monoisotopic (exact) mass is 299 g/mol. The number of anilines is 2. The molecule has 0 saturated heterocycles. The highest BCUT2D eigenvalue weighted by atomic mass is 32.1. The lowest BCUT2D eigenvalue weighted by atomic mass is 10.0. The molecule has 0 fully saturated rings. The second kappa shape index (κ2) is 7.09. The minimum Gasteiger partial charge on any atom is -0.331 e. The van der Waals surface area contributed by atoms with Crippen LogP contribution in [0.3, 0.4) is 0 Å². The molecule has 0 aromatic heterocycles. The van der Waals surface area contributed by atoms with Crippen LogP contribution in [0.25, 0.3) is 0 Å². The van der Waals surface area contributed by atoms with Gasteiger partial charge < -0.3 is 5.32 Å². The average Bonchev–Trinajstić information content (AvgIpc) is 2.48. The van der Waals surface area contributed by atoms with E-state index in [1.54, 1.807) is 0 Å². The minimum absolute atomic E-state index is 0.536. The van der Waals surface area contributed by atoms with Crippen LogP contribution in [-0.2, 0) is 0 Å². The average molecular weight is 299 g/mol. The van der Waals surface area contributed by atoms with Crippen LogP contribution in [0.5, 0.6) is 0 Å². The zero-order valence-electron chi connectivity index (χ0n) is 12.6. The zero-order valence-corrected chi connectivity index (χ0v) is 13.4. The number of hydrazine groups is 1. The van der Waals surface area contributed by atoms with E-state index in [-0.39, 0.29) is 0 Å². The zero-order chi connectivity index (χ0) is 15.2. The second-order valence-corrected chi connectivity index (χ2v) is 5.65. The third-order valence-corrected chi connectivity index (χ3v) is 3.44. The Labute approximate surface area is 132 Å². The summed E-state index contributed by atoms with van der Waals surface area (Å²) in [5.41, 5.74) is 6.49. The first-order chi connectivity index (χ1) is 10.1. The van der Waals surface area contributed by atoms with Crippen molar-refractivity contribution in [1.29, 1.82) is 0 Å². The van der Waals surface area contributed by atoms with Gasteiger partial charge in [-0.05, 0) is 48.0 Å². The predicted octanol–water partition coefficient (Wildman–Crippen LogP) is 4.15. The first-order valence-electron chi connectivity index (χ1n) is 7.02. The van der Waals surface area contributed by atoms with Crippen molar-refractivity contribution in [2.75, 3.05) is 17.4 Å². The molecule has 0 saturated carbocycles. The van der Waals surface area contributed by atoms with Crippen molar-refractivity contribution in [2.45, 2.75) is 19.8 Å². The van der Waals surface area contributed by atoms with Crippen LogP contribution in [0.4, 0.5) is 11.4 Å². The number of rotatable bonds is 4. The second-order valence-electron chi connectivity index (χ2n) is 5.24. The van der Waals surface area contributed by atoms with Gasteiger partial charge in [0.15, 0.2) is 5.11 Å². The van der Waals surface area contributed by atoms with Crippen molar-refractivity contribution >= 4 is 28.7 Å². The van der Waals surface area contributed by atoms with Gasteiger partial charge in [0.1, 0.15) is 0 Å². The summed E-state index contributed by atoms with van der Waals surface area (Å²) in [6.45, 7) is 4.37. The Morgan fingerprint density at radius 2 is 1.62 bits per heavy atom. The number of hydrogen-bond donors (Lipinski definition) is 2. The molecule has 2 N–H and O–H groups in total. The summed E-state index contributed by atoms with van der Waals surface area (Å²) in [5.74, 6) is 0.536. The Balaban J connectivity index is 1.92. The molecule has 0 atom stereocenters. The molecular weight excluding hydrogens is 278 g/mol. The highest BCUT2D eigenvalue weighted by molar-refractivity contribution is 7.80. The molecule has 0 aliphatic carbocycles. The molecule has 3 nitrogen and oxygen atoms in total. The van der Waals surface area contributed by atoms with Gasteiger partial charge in [0.25, 0.3) is 0 Å². The maximum Gasteiger partial charge on any atom is 0.189 e. The number of para-hydroxylation sites is 1. The number of nitrogens with one attached hydrogen (secondary N) is 2. The summed E-state index contributed by atoms with van der Waals surface area (Å²) in [6.07, 6.45) is 0. The fourth-order valence-electron chi connectivity index (χ4n) is 1.98. The standard InChI is InChI=1S/C17H21N3S/c1-13(2)14-9-11-15(12-10-14)18-17(21)19-20(3)16-7-5-4-6-8-16/h4-13H,1-3H3,(H2,18,19,21). The smallest absolute Gasteiger partial charge is 0.189 e. The molecular formula is C17H21N3S. The molecule has 21 heavy (non-hydrogen) atoms. The molecule has 0 aliphatic rings. The van der Waals surface area contributed by atoms with Crippen molar-refractivity contribution in [3.63, 3.8) is 0 Å². The van der Waals surface area contributed by atoms with Gasteiger partial charge in [-0.2, -0.15) is 0 Å². The molecule has 110 valence electrons. The Morgan fingerprint density at radius 3 is 2.19 bits per heavy atom. The fraction of sp³-hybridized carbons (Fsp3) is 0.235. The van der Waals surface area contributed by atoms with Crippen LogP contribution in [0, 0.1) is 0 Å². The third-order valence-electron chi connectivity index (χ3n) is 3.25. The van der Waals surface area contributed by atoms with Crippen LogP contribution in [0.2, 0.25) is 0 Å². The van der Waals surface area contributed by atoms with Crippen molar-refractivity contribution in [3.05, 3.63) is 60.2 Å². The van der Waals surface area contributed by atoms with Crippen molar-refractivity contribution < 1.29 is 0 Å². The maximum absolute atomic E-state index is 5.33. The van der Waals surface area contributed by atoms with E-state index in [2.05, 4.69) is 36.7 Å². The predicted molar refractivity (Wildman–Crippen MR) is 94.7 cm³/mol. The molecule has 0 bridgehead atoms. The molecule has 0 radical (unpaired) electrons. The van der Waals surface area contributed by atoms with E-state index in [0.717, 1.165) is 11.4 Å². The minimum atomic E-state index is 0.536. The van der Waals surface area contributed by atoms with Gasteiger partial charge in [-0.25, -0.2) is 0 Å². The fourth-order valence-corrected chi connectivity index (χ4v) is 2.23. The van der Waals surface area contributed by atoms with E-state index >= 15 is 0 Å². The van der Waals surface area contributed by atoms with Gasteiger partial charge in [-0.1, -0.05) is 44.2 Å². The van der Waals surface area contributed by atoms with Gasteiger partial charge in [-0.3, -0.25) is 10.4 Å². The molecule has 0 heterocycles. The van der Waals surface area contributed by atoms with E-state index in [1.807, 2.05) is 54.5 Å². The van der Waals surface area contributed by atoms with Gasteiger partial charge in [-0.15, -0.1) is 0 Å². The molecule has 0 spiro atoms. The quantitative estimate of drug-likeness (QED) is 0.655. The topological polar surface area (TPSA) is 27.3 Å². The summed E-state index contributed by atoms with van der Waals surface area (Å²) in [5, 5.41) is 5.64. The molecule has 4 heteroatoms. The number of thiocarbonyl (C=S) groups is 1. The Bertz CT molecular complexity index is 579. The van der Waals surface area contributed by atoms with Crippen LogP contribution in [0.1, 0.15) is 25.3 Å². The normalized spacial score (nSPS) is 10.3. The lowest BCUT2D eigenvalue weighted by Crippen LogP contribution is -2.41. The summed E-state index contributed by atoms with van der Waals surface area (Å²) < 4.78 is 0. The summed E-state index contributed by atoms with van der Waals surface area (Å²) in [7, 11) is 1.94. The largest absolute Gasteiger partial charge is 0.331 e. The van der Waals surface area contributed by atoms with E-state index in [0.29, 0.717) is 11.0 Å². The Kier molecular flexibility index (Phi) is 5.17. The van der Waals surface area contributed by atoms with Gasteiger partial charge in [0, 0.05) is 12.7 Å². The highest BCUT2D eigenvalue weighted by Crippen LogP contribution is 2.17. The van der Waals surface area contributed by atoms with E-state index in [4.69, 9.17) is 12.2 Å². The lowest BCUT2D eigenvalue weighted by molar-refractivity contribution is 0.867. The van der Waals surface area contributed by atoms with E-state index < -0.39 is 0 Å². The summed E-state index contributed by atoms with van der Waals surface area (Å²) in [4.78, 5) is 0. The number of nitrogens with zero attached hydrogens (tertiary/aromatic N) is 1. The SMILES string of the molecule is CC(C)c1ccc(NC(=S)NN(C)c2ccccc2)cc1. The molecule has 0 amide bonds. The van der Waals surface area contributed by atoms with Crippen molar-refractivity contribution in [3.8, 4) is 0 Å². The molecule has 0 unspecified atom stereocenters. The van der Waals surface area contributed by atoms with Crippen LogP contribution < -0.4 is 15.8 Å². The Hall–Kier alpha value is -2.07. The number of hydrogen-bond acceptors (Lipinski definition) is 2. The summed E-state index contributed by atoms with van der Waals surface area (Å²) in [6, 6.07) is 18.4. The van der Waals surface area contributed by atoms with Gasteiger partial charge >= 0.3 is 0 Å².